The highest BCUT2D eigenvalue weighted by Gasteiger charge is 2.17. The fraction of sp³-hybridized carbons (Fsp3) is 0.300. The Hall–Kier alpha value is -3.07. The summed E-state index contributed by atoms with van der Waals surface area (Å²) in [4.78, 5) is 25.2. The van der Waals surface area contributed by atoms with Crippen molar-refractivity contribution in [3.8, 4) is 11.4 Å². The molecule has 1 aromatic carbocycles. The third-order valence-electron chi connectivity index (χ3n) is 4.16. The largest absolute Gasteiger partial charge is 0.467 e. The van der Waals surface area contributed by atoms with Crippen LogP contribution in [0.4, 0.5) is 0 Å². The molecule has 3 aromatic rings. The van der Waals surface area contributed by atoms with Crippen LogP contribution in [0.5, 0.6) is 0 Å². The van der Waals surface area contributed by atoms with Crippen molar-refractivity contribution in [1.29, 1.82) is 0 Å². The number of amides is 2. The zero-order chi connectivity index (χ0) is 20.8. The number of carbonyl (C=O) groups is 2. The summed E-state index contributed by atoms with van der Waals surface area (Å²) in [7, 11) is 3.29. The van der Waals surface area contributed by atoms with E-state index < -0.39 is 0 Å². The lowest BCUT2D eigenvalue weighted by molar-refractivity contribution is -0.130. The average molecular weight is 414 g/mol. The molecule has 2 aromatic heterocycles. The van der Waals surface area contributed by atoms with Gasteiger partial charge in [0.2, 0.25) is 11.8 Å². The molecule has 3 rings (SSSR count). The number of furan rings is 1. The van der Waals surface area contributed by atoms with Crippen molar-refractivity contribution < 1.29 is 14.0 Å². The van der Waals surface area contributed by atoms with Gasteiger partial charge in [-0.05, 0) is 25.1 Å². The van der Waals surface area contributed by atoms with Gasteiger partial charge in [-0.25, -0.2) is 0 Å². The fourth-order valence-electron chi connectivity index (χ4n) is 2.61. The van der Waals surface area contributed by atoms with Gasteiger partial charge < -0.3 is 14.6 Å². The molecule has 29 heavy (non-hydrogen) atoms. The monoisotopic (exact) mass is 413 g/mol. The van der Waals surface area contributed by atoms with Crippen molar-refractivity contribution in [2.24, 2.45) is 0 Å². The molecule has 9 heteroatoms. The Bertz CT molecular complexity index is 982. The van der Waals surface area contributed by atoms with Crippen LogP contribution in [0.25, 0.3) is 11.4 Å². The Kier molecular flexibility index (Phi) is 6.71. The third kappa shape index (κ3) is 5.47. The summed E-state index contributed by atoms with van der Waals surface area (Å²) in [6.07, 6.45) is 1.62. The van der Waals surface area contributed by atoms with Crippen molar-refractivity contribution in [3.63, 3.8) is 0 Å². The van der Waals surface area contributed by atoms with E-state index in [9.17, 15) is 9.59 Å². The summed E-state index contributed by atoms with van der Waals surface area (Å²) in [5.74, 6) is 1.20. The minimum absolute atomic E-state index is 0.0278. The molecule has 0 aliphatic rings. The first-order chi connectivity index (χ1) is 13.9. The molecule has 0 aliphatic carbocycles. The number of hydrogen-bond acceptors (Lipinski definition) is 6. The lowest BCUT2D eigenvalue weighted by atomic mass is 10.1. The van der Waals surface area contributed by atoms with E-state index in [4.69, 9.17) is 4.42 Å². The number of benzene rings is 1. The molecule has 0 spiro atoms. The van der Waals surface area contributed by atoms with Gasteiger partial charge in [0, 0.05) is 19.7 Å². The minimum Gasteiger partial charge on any atom is -0.467 e. The number of aryl methyl sites for hydroxylation is 1. The number of thioether (sulfide) groups is 1. The number of nitrogens with zero attached hydrogens (tertiary/aromatic N) is 4. The molecule has 8 nitrogen and oxygen atoms in total. The Morgan fingerprint density at radius 1 is 1.21 bits per heavy atom. The molecule has 0 fully saturated rings. The molecule has 0 saturated carbocycles. The van der Waals surface area contributed by atoms with Gasteiger partial charge in [0.25, 0.3) is 0 Å². The summed E-state index contributed by atoms with van der Waals surface area (Å²) in [6, 6.07) is 11.7. The Morgan fingerprint density at radius 2 is 2.03 bits per heavy atom. The zero-order valence-electron chi connectivity index (χ0n) is 16.6. The van der Waals surface area contributed by atoms with Crippen LogP contribution in [0, 0.1) is 6.92 Å². The highest BCUT2D eigenvalue weighted by Crippen LogP contribution is 2.25. The van der Waals surface area contributed by atoms with Crippen LogP contribution in [0.15, 0.2) is 52.2 Å². The minimum atomic E-state index is -0.241. The molecule has 2 heterocycles. The highest BCUT2D eigenvalue weighted by atomic mass is 32.2. The van der Waals surface area contributed by atoms with Gasteiger partial charge in [-0.3, -0.25) is 14.2 Å². The lowest BCUT2D eigenvalue weighted by Gasteiger charge is -2.11. The Labute approximate surface area is 173 Å². The summed E-state index contributed by atoms with van der Waals surface area (Å²) < 4.78 is 7.41. The van der Waals surface area contributed by atoms with E-state index in [0.717, 1.165) is 16.9 Å². The van der Waals surface area contributed by atoms with Gasteiger partial charge in [-0.15, -0.1) is 10.2 Å². The van der Waals surface area contributed by atoms with E-state index in [0.29, 0.717) is 17.5 Å². The first-order valence-corrected chi connectivity index (χ1v) is 10.0. The van der Waals surface area contributed by atoms with Crippen molar-refractivity contribution in [2.45, 2.75) is 18.6 Å². The van der Waals surface area contributed by atoms with E-state index >= 15 is 0 Å². The zero-order valence-corrected chi connectivity index (χ0v) is 17.4. The number of rotatable bonds is 8. The maximum absolute atomic E-state index is 12.1. The van der Waals surface area contributed by atoms with Crippen molar-refractivity contribution in [3.05, 3.63) is 54.0 Å². The second kappa shape index (κ2) is 9.42. The second-order valence-corrected chi connectivity index (χ2v) is 7.64. The molecule has 0 unspecified atom stereocenters. The van der Waals surface area contributed by atoms with Crippen LogP contribution < -0.4 is 5.32 Å². The van der Waals surface area contributed by atoms with E-state index in [2.05, 4.69) is 15.5 Å². The Morgan fingerprint density at radius 3 is 2.72 bits per heavy atom. The molecule has 0 atom stereocenters. The first-order valence-electron chi connectivity index (χ1n) is 9.06. The molecule has 0 bridgehead atoms. The topological polar surface area (TPSA) is 93.3 Å². The molecule has 0 radical (unpaired) electrons. The van der Waals surface area contributed by atoms with Gasteiger partial charge in [0.15, 0.2) is 11.0 Å². The van der Waals surface area contributed by atoms with E-state index in [1.807, 2.05) is 47.9 Å². The van der Waals surface area contributed by atoms with Crippen LogP contribution >= 0.6 is 11.8 Å². The predicted molar refractivity (Wildman–Crippen MR) is 110 cm³/mol. The molecule has 0 aliphatic heterocycles. The van der Waals surface area contributed by atoms with Crippen LogP contribution in [0.2, 0.25) is 0 Å². The first kappa shape index (κ1) is 20.7. The summed E-state index contributed by atoms with van der Waals surface area (Å²) >= 11 is 1.27. The SMILES string of the molecule is Cc1cccc(-c2nnc(SCC(=O)NCC(=O)N(C)C)n2Cc2ccco2)c1. The predicted octanol–water partition coefficient (Wildman–Crippen LogP) is 2.19. The van der Waals surface area contributed by atoms with Gasteiger partial charge in [0.1, 0.15) is 5.76 Å². The summed E-state index contributed by atoms with van der Waals surface area (Å²) in [6.45, 7) is 2.44. The molecular weight excluding hydrogens is 390 g/mol. The number of nitrogens with one attached hydrogen (secondary N) is 1. The molecule has 2 amide bonds. The summed E-state index contributed by atoms with van der Waals surface area (Å²) in [5.41, 5.74) is 2.06. The molecular formula is C20H23N5O3S. The van der Waals surface area contributed by atoms with Crippen LogP contribution in [0.3, 0.4) is 0 Å². The molecule has 152 valence electrons. The third-order valence-corrected chi connectivity index (χ3v) is 5.12. The van der Waals surface area contributed by atoms with E-state index in [-0.39, 0.29) is 24.1 Å². The van der Waals surface area contributed by atoms with Gasteiger partial charge in [0.05, 0.1) is 25.1 Å². The van der Waals surface area contributed by atoms with Gasteiger partial charge in [-0.2, -0.15) is 0 Å². The van der Waals surface area contributed by atoms with Gasteiger partial charge in [-0.1, -0.05) is 35.5 Å². The van der Waals surface area contributed by atoms with E-state index in [1.54, 1.807) is 20.4 Å². The average Bonchev–Trinajstić information content (AvgIpc) is 3.34. The van der Waals surface area contributed by atoms with Crippen LogP contribution in [-0.2, 0) is 16.1 Å². The summed E-state index contributed by atoms with van der Waals surface area (Å²) in [5, 5.41) is 11.8. The van der Waals surface area contributed by atoms with Crippen molar-refractivity contribution >= 4 is 23.6 Å². The standard InChI is InChI=1S/C20H23N5O3S/c1-14-6-4-7-15(10-14)19-22-23-20(25(19)12-16-8-5-9-28-16)29-13-17(26)21-11-18(27)24(2)3/h4-10H,11-13H2,1-3H3,(H,21,26). The number of hydrogen-bond donors (Lipinski definition) is 1. The lowest BCUT2D eigenvalue weighted by Crippen LogP contribution is -2.37. The van der Waals surface area contributed by atoms with Crippen LogP contribution in [-0.4, -0.2) is 57.9 Å². The normalized spacial score (nSPS) is 10.7. The Balaban J connectivity index is 1.76. The van der Waals surface area contributed by atoms with Crippen LogP contribution in [0.1, 0.15) is 11.3 Å². The smallest absolute Gasteiger partial charge is 0.241 e. The van der Waals surface area contributed by atoms with E-state index in [1.165, 1.54) is 16.7 Å². The number of likely N-dealkylation sites (N-methyl/N-ethyl adjacent to an activating group) is 1. The second-order valence-electron chi connectivity index (χ2n) is 6.69. The molecule has 1 N–H and O–H groups in total. The maximum Gasteiger partial charge on any atom is 0.241 e. The maximum atomic E-state index is 12.1. The number of carbonyl (C=O) groups excluding carboxylic acids is 2. The number of aromatic nitrogens is 3. The van der Waals surface area contributed by atoms with Crippen molar-refractivity contribution in [2.75, 3.05) is 26.4 Å². The molecule has 0 saturated heterocycles. The quantitative estimate of drug-likeness (QED) is 0.569. The van der Waals surface area contributed by atoms with Gasteiger partial charge >= 0.3 is 0 Å². The highest BCUT2D eigenvalue weighted by molar-refractivity contribution is 7.99. The van der Waals surface area contributed by atoms with Crippen molar-refractivity contribution in [1.82, 2.24) is 25.0 Å². The fourth-order valence-corrected chi connectivity index (χ4v) is 3.38.